The van der Waals surface area contributed by atoms with Crippen LogP contribution in [0.3, 0.4) is 0 Å². The monoisotopic (exact) mass is 236 g/mol. The van der Waals surface area contributed by atoms with Gasteiger partial charge in [0.2, 0.25) is 0 Å². The normalized spacial score (nSPS) is 23.2. The molecule has 2 rings (SSSR count). The molecule has 0 aromatic heterocycles. The van der Waals surface area contributed by atoms with Gasteiger partial charge in [-0.3, -0.25) is 4.79 Å². The van der Waals surface area contributed by atoms with Gasteiger partial charge in [0.05, 0.1) is 6.10 Å². The van der Waals surface area contributed by atoms with Crippen LogP contribution in [0, 0.1) is 11.7 Å². The molecule has 0 aliphatic heterocycles. The molecular formula is C14H17FO2. The van der Waals surface area contributed by atoms with E-state index in [0.717, 1.165) is 19.4 Å². The number of carbonyl (C=O) groups excluding carboxylic acids is 1. The van der Waals surface area contributed by atoms with E-state index in [0.29, 0.717) is 24.0 Å². The van der Waals surface area contributed by atoms with Crippen molar-refractivity contribution in [1.82, 2.24) is 0 Å². The van der Waals surface area contributed by atoms with Crippen molar-refractivity contribution in [2.75, 3.05) is 6.61 Å². The van der Waals surface area contributed by atoms with E-state index in [9.17, 15) is 9.18 Å². The van der Waals surface area contributed by atoms with Gasteiger partial charge in [-0.2, -0.15) is 0 Å². The molecule has 1 aliphatic carbocycles. The number of Topliss-reactive ketones (excluding diaryl/α,β-unsaturated/α-hetero) is 1. The molecular weight excluding hydrogens is 219 g/mol. The summed E-state index contributed by atoms with van der Waals surface area (Å²) in [5, 5.41) is 0. The molecule has 92 valence electrons. The van der Waals surface area contributed by atoms with Crippen LogP contribution in [0.15, 0.2) is 24.3 Å². The smallest absolute Gasteiger partial charge is 0.163 e. The zero-order valence-corrected chi connectivity index (χ0v) is 9.99. The maximum atomic E-state index is 13.0. The summed E-state index contributed by atoms with van der Waals surface area (Å²) in [4.78, 5) is 11.9. The lowest BCUT2D eigenvalue weighted by Crippen LogP contribution is -2.32. The summed E-state index contributed by atoms with van der Waals surface area (Å²) in [6, 6.07) is 5.91. The zero-order valence-electron chi connectivity index (χ0n) is 9.99. The van der Waals surface area contributed by atoms with E-state index in [1.54, 1.807) is 12.1 Å². The van der Waals surface area contributed by atoms with E-state index in [2.05, 4.69) is 0 Å². The summed E-state index contributed by atoms with van der Waals surface area (Å²) >= 11 is 0. The molecule has 0 amide bonds. The molecule has 1 aromatic rings. The van der Waals surface area contributed by atoms with Crippen molar-refractivity contribution in [3.63, 3.8) is 0 Å². The minimum atomic E-state index is -0.350. The third-order valence-electron chi connectivity index (χ3n) is 3.22. The van der Waals surface area contributed by atoms with E-state index in [4.69, 9.17) is 4.74 Å². The van der Waals surface area contributed by atoms with Gasteiger partial charge in [-0.15, -0.1) is 0 Å². The number of benzene rings is 1. The first-order valence-corrected chi connectivity index (χ1v) is 6.09. The second-order valence-electron chi connectivity index (χ2n) is 4.55. The lowest BCUT2D eigenvalue weighted by atomic mass is 9.78. The van der Waals surface area contributed by atoms with Crippen LogP contribution in [0.1, 0.15) is 36.5 Å². The van der Waals surface area contributed by atoms with Gasteiger partial charge in [0.1, 0.15) is 5.82 Å². The summed E-state index contributed by atoms with van der Waals surface area (Å²) in [6.07, 6.45) is 2.74. The van der Waals surface area contributed by atoms with Crippen LogP contribution in [-0.4, -0.2) is 18.5 Å². The quantitative estimate of drug-likeness (QED) is 0.734. The fourth-order valence-electron chi connectivity index (χ4n) is 2.25. The Labute approximate surface area is 101 Å². The molecule has 1 aliphatic rings. The largest absolute Gasteiger partial charge is 0.378 e. The number of ether oxygens (including phenoxy) is 1. The number of hydrogen-bond donors (Lipinski definition) is 0. The zero-order chi connectivity index (χ0) is 12.3. The van der Waals surface area contributed by atoms with E-state index >= 15 is 0 Å². The van der Waals surface area contributed by atoms with Crippen LogP contribution in [0.2, 0.25) is 0 Å². The molecule has 0 heterocycles. The first kappa shape index (κ1) is 12.2. The lowest BCUT2D eigenvalue weighted by Gasteiger charge is -2.34. The second kappa shape index (κ2) is 5.41. The van der Waals surface area contributed by atoms with Crippen LogP contribution in [0.4, 0.5) is 4.39 Å². The minimum absolute atomic E-state index is 0.0319. The SMILES string of the molecule is CCOC1CC(CC(=O)c2cccc(F)c2)C1. The van der Waals surface area contributed by atoms with Gasteiger partial charge in [-0.25, -0.2) is 4.39 Å². The van der Waals surface area contributed by atoms with Crippen LogP contribution in [0.25, 0.3) is 0 Å². The Morgan fingerprint density at radius 3 is 2.88 bits per heavy atom. The summed E-state index contributed by atoms with van der Waals surface area (Å²) < 4.78 is 18.4. The fraction of sp³-hybridized carbons (Fsp3) is 0.500. The highest BCUT2D eigenvalue weighted by atomic mass is 19.1. The van der Waals surface area contributed by atoms with Gasteiger partial charge in [0.25, 0.3) is 0 Å². The Morgan fingerprint density at radius 1 is 1.47 bits per heavy atom. The number of ketones is 1. The number of rotatable bonds is 5. The number of hydrogen-bond acceptors (Lipinski definition) is 2. The molecule has 3 heteroatoms. The van der Waals surface area contributed by atoms with Crippen molar-refractivity contribution < 1.29 is 13.9 Å². The third-order valence-corrected chi connectivity index (χ3v) is 3.22. The summed E-state index contributed by atoms with van der Waals surface area (Å²) in [7, 11) is 0. The Balaban J connectivity index is 1.83. The van der Waals surface area contributed by atoms with Crippen molar-refractivity contribution in [3.05, 3.63) is 35.6 Å². The predicted octanol–water partition coefficient (Wildman–Crippen LogP) is 3.21. The standard InChI is InChI=1S/C14H17FO2/c1-2-17-13-6-10(7-13)8-14(16)11-4-3-5-12(15)9-11/h3-5,9-10,13H,2,6-8H2,1H3. The average Bonchev–Trinajstić information content (AvgIpc) is 2.26. The molecule has 0 unspecified atom stereocenters. The minimum Gasteiger partial charge on any atom is -0.378 e. The Kier molecular flexibility index (Phi) is 3.89. The molecule has 0 spiro atoms. The molecule has 17 heavy (non-hydrogen) atoms. The van der Waals surface area contributed by atoms with Crippen molar-refractivity contribution in [3.8, 4) is 0 Å². The second-order valence-corrected chi connectivity index (χ2v) is 4.55. The van der Waals surface area contributed by atoms with Gasteiger partial charge in [0.15, 0.2) is 5.78 Å². The van der Waals surface area contributed by atoms with Gasteiger partial charge < -0.3 is 4.74 Å². The predicted molar refractivity (Wildman–Crippen MR) is 63.5 cm³/mol. The third kappa shape index (κ3) is 3.13. The molecule has 0 saturated heterocycles. The summed E-state index contributed by atoms with van der Waals surface area (Å²) in [6.45, 7) is 2.71. The molecule has 1 aromatic carbocycles. The molecule has 2 nitrogen and oxygen atoms in total. The molecule has 0 atom stereocenters. The van der Waals surface area contributed by atoms with Crippen LogP contribution in [-0.2, 0) is 4.74 Å². The van der Waals surface area contributed by atoms with E-state index in [1.165, 1.54) is 12.1 Å². The highest BCUT2D eigenvalue weighted by molar-refractivity contribution is 5.96. The topological polar surface area (TPSA) is 26.3 Å². The first-order valence-electron chi connectivity index (χ1n) is 6.09. The van der Waals surface area contributed by atoms with Crippen LogP contribution in [0.5, 0.6) is 0 Å². The Morgan fingerprint density at radius 2 is 2.24 bits per heavy atom. The number of halogens is 1. The van der Waals surface area contributed by atoms with Gasteiger partial charge in [-0.05, 0) is 37.8 Å². The Bertz CT molecular complexity index is 397. The molecule has 0 radical (unpaired) electrons. The van der Waals surface area contributed by atoms with Crippen LogP contribution >= 0.6 is 0 Å². The average molecular weight is 236 g/mol. The Hall–Kier alpha value is -1.22. The van der Waals surface area contributed by atoms with Crippen molar-refractivity contribution in [1.29, 1.82) is 0 Å². The maximum Gasteiger partial charge on any atom is 0.163 e. The lowest BCUT2D eigenvalue weighted by molar-refractivity contribution is -0.0246. The van der Waals surface area contributed by atoms with Crippen molar-refractivity contribution in [2.24, 2.45) is 5.92 Å². The summed E-state index contributed by atoms with van der Waals surface area (Å²) in [5.41, 5.74) is 0.477. The van der Waals surface area contributed by atoms with E-state index in [-0.39, 0.29) is 11.6 Å². The fourth-order valence-corrected chi connectivity index (χ4v) is 2.25. The number of carbonyl (C=O) groups is 1. The highest BCUT2D eigenvalue weighted by Gasteiger charge is 2.31. The van der Waals surface area contributed by atoms with E-state index in [1.807, 2.05) is 6.92 Å². The van der Waals surface area contributed by atoms with Crippen molar-refractivity contribution in [2.45, 2.75) is 32.3 Å². The highest BCUT2D eigenvalue weighted by Crippen LogP contribution is 2.33. The first-order chi connectivity index (χ1) is 8.19. The maximum absolute atomic E-state index is 13.0. The van der Waals surface area contributed by atoms with Gasteiger partial charge in [0, 0.05) is 18.6 Å². The van der Waals surface area contributed by atoms with Gasteiger partial charge in [-0.1, -0.05) is 12.1 Å². The van der Waals surface area contributed by atoms with Crippen molar-refractivity contribution >= 4 is 5.78 Å². The van der Waals surface area contributed by atoms with Gasteiger partial charge >= 0.3 is 0 Å². The molecule has 1 fully saturated rings. The van der Waals surface area contributed by atoms with Crippen LogP contribution < -0.4 is 0 Å². The van der Waals surface area contributed by atoms with E-state index < -0.39 is 0 Å². The summed E-state index contributed by atoms with van der Waals surface area (Å²) in [5.74, 6) is 0.0865. The molecule has 0 N–H and O–H groups in total. The molecule has 1 saturated carbocycles. The molecule has 0 bridgehead atoms.